The molecule has 9 heteroatoms. The molecule has 0 saturated heterocycles. The predicted molar refractivity (Wildman–Crippen MR) is 152 cm³/mol. The molecule has 4 aromatic carbocycles. The number of rotatable bonds is 9. The van der Waals surface area contributed by atoms with E-state index < -0.39 is 17.9 Å². The van der Waals surface area contributed by atoms with Gasteiger partial charge in [-0.1, -0.05) is 72.3 Å². The smallest absolute Gasteiger partial charge is 0.320 e. The number of carbonyl (C=O) groups is 2. The van der Waals surface area contributed by atoms with E-state index in [1.54, 1.807) is 24.3 Å². The number of ether oxygens (including phenoxy) is 1. The number of aliphatic imine (C=N–C) groups is 1. The maximum Gasteiger partial charge on any atom is 0.320 e. The zero-order valence-electron chi connectivity index (χ0n) is 20.9. The number of hydrogen-bond donors (Lipinski definition) is 4. The highest BCUT2D eigenvalue weighted by Crippen LogP contribution is 2.37. The van der Waals surface area contributed by atoms with E-state index >= 15 is 0 Å². The van der Waals surface area contributed by atoms with Crippen LogP contribution in [0.1, 0.15) is 21.5 Å². The fraction of sp³-hybridized carbons (Fsp3) is 0.100. The normalized spacial score (nSPS) is 12.0. The van der Waals surface area contributed by atoms with Crippen molar-refractivity contribution < 1.29 is 19.4 Å². The summed E-state index contributed by atoms with van der Waals surface area (Å²) in [5.41, 5.74) is 15.1. The van der Waals surface area contributed by atoms with Crippen molar-refractivity contribution in [3.63, 3.8) is 0 Å². The zero-order valence-corrected chi connectivity index (χ0v) is 21.6. The molecule has 0 heterocycles. The molecule has 6 N–H and O–H groups in total. The third kappa shape index (κ3) is 7.22. The van der Waals surface area contributed by atoms with Crippen LogP contribution in [0, 0.1) is 0 Å². The van der Waals surface area contributed by atoms with Crippen LogP contribution in [0.25, 0.3) is 11.1 Å². The second-order valence-corrected chi connectivity index (χ2v) is 9.09. The van der Waals surface area contributed by atoms with Crippen molar-refractivity contribution in [1.82, 2.24) is 5.32 Å². The summed E-state index contributed by atoms with van der Waals surface area (Å²) in [4.78, 5) is 28.1. The fourth-order valence-corrected chi connectivity index (χ4v) is 4.14. The molecule has 0 fully saturated rings. The van der Waals surface area contributed by atoms with E-state index in [-0.39, 0.29) is 18.9 Å². The Morgan fingerprint density at radius 3 is 2.26 bits per heavy atom. The lowest BCUT2D eigenvalue weighted by molar-refractivity contribution is -0.138. The Morgan fingerprint density at radius 2 is 1.56 bits per heavy atom. The average molecular weight is 543 g/mol. The molecule has 8 nitrogen and oxygen atoms in total. The lowest BCUT2D eigenvalue weighted by Gasteiger charge is -2.16. The van der Waals surface area contributed by atoms with Crippen molar-refractivity contribution in [3.8, 4) is 22.6 Å². The molecule has 4 rings (SSSR count). The van der Waals surface area contributed by atoms with E-state index in [2.05, 4.69) is 10.3 Å². The van der Waals surface area contributed by atoms with E-state index in [4.69, 9.17) is 32.9 Å². The highest BCUT2D eigenvalue weighted by atomic mass is 35.5. The molecule has 0 radical (unpaired) electrons. The average Bonchev–Trinajstić information content (AvgIpc) is 2.93. The topological polar surface area (TPSA) is 140 Å². The van der Waals surface area contributed by atoms with Crippen LogP contribution in [0.3, 0.4) is 0 Å². The first kappa shape index (κ1) is 27.4. The van der Waals surface area contributed by atoms with Gasteiger partial charge in [-0.3, -0.25) is 14.9 Å². The Hall–Kier alpha value is -4.66. The van der Waals surface area contributed by atoms with Crippen LogP contribution in [0.5, 0.6) is 11.5 Å². The zero-order chi connectivity index (χ0) is 27.8. The number of nitrogens with one attached hydrogen (secondary N) is 1. The molecule has 0 aliphatic rings. The van der Waals surface area contributed by atoms with Crippen LogP contribution >= 0.6 is 11.6 Å². The van der Waals surface area contributed by atoms with Gasteiger partial charge in [-0.15, -0.1) is 0 Å². The second kappa shape index (κ2) is 12.7. The van der Waals surface area contributed by atoms with E-state index in [1.165, 1.54) is 0 Å². The number of amides is 1. The molecule has 0 aromatic heterocycles. The van der Waals surface area contributed by atoms with Crippen molar-refractivity contribution in [2.75, 3.05) is 0 Å². The standard InChI is InChI=1S/C30H27ClN4O4/c31-25-11-5-4-9-23(25)22-10-6-12-27(39-21-7-2-1-3-8-21)24(22)18-34-30(33)35-28(36)20-15-13-19(14-16-20)17-26(32)29(37)38/h1-16,26H,17-18,32H2,(H,37,38)(H3,33,34,35,36)/t26-/m0/s1. The third-order valence-electron chi connectivity index (χ3n) is 5.91. The Balaban J connectivity index is 1.55. The number of guanidine groups is 1. The largest absolute Gasteiger partial charge is 0.480 e. The molecule has 0 unspecified atom stereocenters. The monoisotopic (exact) mass is 542 g/mol. The van der Waals surface area contributed by atoms with Gasteiger partial charge in [-0.2, -0.15) is 0 Å². The number of aliphatic carboxylic acids is 1. The summed E-state index contributed by atoms with van der Waals surface area (Å²) in [5.74, 6) is -0.374. The molecule has 1 atom stereocenters. The Labute approximate surface area is 230 Å². The lowest BCUT2D eigenvalue weighted by atomic mass is 9.98. The summed E-state index contributed by atoms with van der Waals surface area (Å²) >= 11 is 6.50. The first-order valence-electron chi connectivity index (χ1n) is 12.1. The van der Waals surface area contributed by atoms with Crippen molar-refractivity contribution in [2.45, 2.75) is 19.0 Å². The maximum atomic E-state index is 12.7. The number of benzene rings is 4. The number of carbonyl (C=O) groups excluding carboxylic acids is 1. The van der Waals surface area contributed by atoms with Gasteiger partial charge in [0.1, 0.15) is 17.5 Å². The summed E-state index contributed by atoms with van der Waals surface area (Å²) in [5, 5.41) is 12.1. The molecular formula is C30H27ClN4O4. The van der Waals surface area contributed by atoms with Gasteiger partial charge in [-0.05, 0) is 53.9 Å². The summed E-state index contributed by atoms with van der Waals surface area (Å²) in [6.45, 7) is 0.113. The van der Waals surface area contributed by atoms with Gasteiger partial charge >= 0.3 is 5.97 Å². The molecule has 39 heavy (non-hydrogen) atoms. The van der Waals surface area contributed by atoms with Crippen molar-refractivity contribution in [1.29, 1.82) is 0 Å². The number of carboxylic acids is 1. The SMILES string of the molecule is NC(=NCc1c(Oc2ccccc2)cccc1-c1ccccc1Cl)NC(=O)c1ccc(C[C@H](N)C(=O)O)cc1. The summed E-state index contributed by atoms with van der Waals surface area (Å²) in [6.07, 6.45) is 0.152. The van der Waals surface area contributed by atoms with Crippen LogP contribution in [0.4, 0.5) is 0 Å². The van der Waals surface area contributed by atoms with Crippen LogP contribution in [-0.2, 0) is 17.8 Å². The highest BCUT2D eigenvalue weighted by molar-refractivity contribution is 6.33. The number of nitrogens with zero attached hydrogens (tertiary/aromatic N) is 1. The summed E-state index contributed by atoms with van der Waals surface area (Å²) in [6, 6.07) is 27.9. The molecule has 0 aliphatic carbocycles. The minimum absolute atomic E-state index is 0.0726. The van der Waals surface area contributed by atoms with Gasteiger partial charge in [0.15, 0.2) is 5.96 Å². The first-order chi connectivity index (χ1) is 18.8. The van der Waals surface area contributed by atoms with Crippen molar-refractivity contribution >= 4 is 29.4 Å². The first-order valence-corrected chi connectivity index (χ1v) is 12.5. The molecule has 198 valence electrons. The van der Waals surface area contributed by atoms with Gasteiger partial charge < -0.3 is 21.3 Å². The number of nitrogens with two attached hydrogens (primary N) is 2. The van der Waals surface area contributed by atoms with Gasteiger partial charge in [0.2, 0.25) is 0 Å². The van der Waals surface area contributed by atoms with E-state index in [1.807, 2.05) is 72.8 Å². The number of para-hydroxylation sites is 1. The second-order valence-electron chi connectivity index (χ2n) is 8.68. The van der Waals surface area contributed by atoms with Crippen LogP contribution in [-0.4, -0.2) is 29.0 Å². The van der Waals surface area contributed by atoms with Crippen molar-refractivity contribution in [3.05, 3.63) is 119 Å². The molecule has 0 aliphatic heterocycles. The van der Waals surface area contributed by atoms with E-state index in [9.17, 15) is 9.59 Å². The third-order valence-corrected chi connectivity index (χ3v) is 6.24. The highest BCUT2D eigenvalue weighted by Gasteiger charge is 2.16. The lowest BCUT2D eigenvalue weighted by Crippen LogP contribution is -2.36. The minimum atomic E-state index is -1.09. The molecule has 1 amide bonds. The van der Waals surface area contributed by atoms with Crippen LogP contribution < -0.4 is 21.5 Å². The Morgan fingerprint density at radius 1 is 0.897 bits per heavy atom. The molecule has 0 bridgehead atoms. The molecular weight excluding hydrogens is 516 g/mol. The Bertz CT molecular complexity index is 1490. The van der Waals surface area contributed by atoms with Crippen molar-refractivity contribution in [2.24, 2.45) is 16.5 Å². The van der Waals surface area contributed by atoms with E-state index in [0.29, 0.717) is 27.6 Å². The maximum absolute atomic E-state index is 12.7. The summed E-state index contributed by atoms with van der Waals surface area (Å²) < 4.78 is 6.16. The number of halogens is 1. The van der Waals surface area contributed by atoms with E-state index in [0.717, 1.165) is 16.7 Å². The number of carboxylic acid groups (broad SMARTS) is 1. The van der Waals surface area contributed by atoms with Gasteiger partial charge in [-0.25, -0.2) is 4.99 Å². The minimum Gasteiger partial charge on any atom is -0.480 e. The molecule has 4 aromatic rings. The summed E-state index contributed by atoms with van der Waals surface area (Å²) in [7, 11) is 0. The molecule has 0 saturated carbocycles. The van der Waals surface area contributed by atoms with Gasteiger partial charge in [0.05, 0.1) is 6.54 Å². The predicted octanol–water partition coefficient (Wildman–Crippen LogP) is 5.00. The fourth-order valence-electron chi connectivity index (χ4n) is 3.90. The van der Waals surface area contributed by atoms with Crippen LogP contribution in [0.15, 0.2) is 102 Å². The van der Waals surface area contributed by atoms with Crippen LogP contribution in [0.2, 0.25) is 5.02 Å². The Kier molecular flexibility index (Phi) is 8.94. The quantitative estimate of drug-likeness (QED) is 0.173. The van der Waals surface area contributed by atoms with Gasteiger partial charge in [0, 0.05) is 21.7 Å². The molecule has 0 spiro atoms. The van der Waals surface area contributed by atoms with Gasteiger partial charge in [0.25, 0.3) is 5.91 Å². The number of hydrogen-bond acceptors (Lipinski definition) is 5.